The van der Waals surface area contributed by atoms with E-state index in [9.17, 15) is 14.4 Å². The summed E-state index contributed by atoms with van der Waals surface area (Å²) >= 11 is 3.24. The van der Waals surface area contributed by atoms with Crippen LogP contribution in [-0.2, 0) is 11.8 Å². The lowest BCUT2D eigenvalue weighted by Gasteiger charge is -2.21. The number of likely N-dealkylation sites (N-methyl/N-ethyl adjacent to an activating group) is 1. The summed E-state index contributed by atoms with van der Waals surface area (Å²) in [5.41, 5.74) is -0.0814. The number of hydrogen-bond donors (Lipinski definition) is 2. The Morgan fingerprint density at radius 3 is 2.45 bits per heavy atom. The Morgan fingerprint density at radius 1 is 1.35 bits per heavy atom. The molecule has 2 N–H and O–H groups in total. The molecule has 7 heteroatoms. The molecule has 0 aliphatic rings. The summed E-state index contributed by atoms with van der Waals surface area (Å²) in [6.45, 7) is 3.67. The summed E-state index contributed by atoms with van der Waals surface area (Å²) < 4.78 is 1.86. The fourth-order valence-electron chi connectivity index (χ4n) is 1.68. The molecule has 0 saturated heterocycles. The highest BCUT2D eigenvalue weighted by Gasteiger charge is 2.24. The van der Waals surface area contributed by atoms with Crippen molar-refractivity contribution < 1.29 is 9.59 Å². The largest absolute Gasteiger partial charge is 0.357 e. The van der Waals surface area contributed by atoms with Crippen LogP contribution in [0.4, 0.5) is 0 Å². The molecular formula is C13H18BrN3O3. The number of amides is 2. The minimum absolute atomic E-state index is 0.0655. The molecule has 0 bridgehead atoms. The number of hydrogen-bond acceptors (Lipinski definition) is 3. The zero-order valence-electron chi connectivity index (χ0n) is 11.9. The van der Waals surface area contributed by atoms with E-state index in [4.69, 9.17) is 0 Å². The second-order valence-corrected chi connectivity index (χ2v) is 5.65. The first-order chi connectivity index (χ1) is 9.27. The Morgan fingerprint density at radius 2 is 1.95 bits per heavy atom. The van der Waals surface area contributed by atoms with E-state index in [1.165, 1.54) is 23.9 Å². The average molecular weight is 344 g/mol. The van der Waals surface area contributed by atoms with Crippen molar-refractivity contribution in [3.8, 4) is 0 Å². The van der Waals surface area contributed by atoms with E-state index in [-0.39, 0.29) is 22.9 Å². The number of rotatable bonds is 4. The molecule has 0 aliphatic heterocycles. The van der Waals surface area contributed by atoms with Gasteiger partial charge in [0.05, 0.1) is 5.56 Å². The molecule has 0 unspecified atom stereocenters. The number of carbonyl (C=O) groups is 2. The average Bonchev–Trinajstić information content (AvgIpc) is 2.38. The first-order valence-corrected chi connectivity index (χ1v) is 6.95. The van der Waals surface area contributed by atoms with Gasteiger partial charge in [-0.2, -0.15) is 0 Å². The zero-order valence-corrected chi connectivity index (χ0v) is 13.4. The molecule has 0 aliphatic carbocycles. The van der Waals surface area contributed by atoms with Crippen molar-refractivity contribution in [3.05, 3.63) is 32.7 Å². The van der Waals surface area contributed by atoms with Gasteiger partial charge in [-0.1, -0.05) is 13.8 Å². The lowest BCUT2D eigenvalue weighted by atomic mass is 10.0. The van der Waals surface area contributed by atoms with Gasteiger partial charge in [0.1, 0.15) is 6.04 Å². The molecule has 2 amide bonds. The van der Waals surface area contributed by atoms with Gasteiger partial charge in [-0.25, -0.2) is 0 Å². The minimum Gasteiger partial charge on any atom is -0.357 e. The first-order valence-electron chi connectivity index (χ1n) is 6.16. The molecule has 1 rings (SSSR count). The molecule has 110 valence electrons. The Kier molecular flexibility index (Phi) is 5.50. The van der Waals surface area contributed by atoms with Gasteiger partial charge < -0.3 is 15.2 Å². The Labute approximate surface area is 125 Å². The van der Waals surface area contributed by atoms with E-state index in [1.54, 1.807) is 7.05 Å². The first kappa shape index (κ1) is 16.4. The van der Waals surface area contributed by atoms with Gasteiger partial charge in [0.25, 0.3) is 11.5 Å². The molecule has 0 radical (unpaired) electrons. The molecule has 1 heterocycles. The fourth-order valence-corrected chi connectivity index (χ4v) is 2.28. The Balaban J connectivity index is 3.04. The van der Waals surface area contributed by atoms with Crippen molar-refractivity contribution >= 4 is 27.7 Å². The predicted molar refractivity (Wildman–Crippen MR) is 79.5 cm³/mol. The van der Waals surface area contributed by atoms with Gasteiger partial charge in [0.15, 0.2) is 0 Å². The maximum atomic E-state index is 12.2. The minimum atomic E-state index is -0.650. The molecule has 0 aromatic carbocycles. The summed E-state index contributed by atoms with van der Waals surface area (Å²) in [5.74, 6) is -0.797. The van der Waals surface area contributed by atoms with Crippen LogP contribution in [0.15, 0.2) is 21.5 Å². The van der Waals surface area contributed by atoms with Gasteiger partial charge in [-0.05, 0) is 21.8 Å². The number of carbonyl (C=O) groups excluding carboxylic acids is 2. The molecular weight excluding hydrogens is 326 g/mol. The number of pyridine rings is 1. The van der Waals surface area contributed by atoms with E-state index in [1.807, 2.05) is 13.8 Å². The van der Waals surface area contributed by atoms with E-state index in [0.717, 1.165) is 0 Å². The van der Waals surface area contributed by atoms with Crippen LogP contribution >= 0.6 is 15.9 Å². The topological polar surface area (TPSA) is 80.2 Å². The molecule has 0 spiro atoms. The number of aromatic nitrogens is 1. The van der Waals surface area contributed by atoms with Crippen LogP contribution in [-0.4, -0.2) is 29.5 Å². The Bertz CT molecular complexity index is 581. The van der Waals surface area contributed by atoms with Crippen molar-refractivity contribution in [1.82, 2.24) is 15.2 Å². The fraction of sp³-hybridized carbons (Fsp3) is 0.462. The summed E-state index contributed by atoms with van der Waals surface area (Å²) in [6.07, 6.45) is 1.52. The lowest BCUT2D eigenvalue weighted by Crippen LogP contribution is -2.49. The Hall–Kier alpha value is -1.63. The normalized spacial score (nSPS) is 12.1. The van der Waals surface area contributed by atoms with Gasteiger partial charge in [-0.15, -0.1) is 0 Å². The highest BCUT2D eigenvalue weighted by molar-refractivity contribution is 9.10. The second-order valence-electron chi connectivity index (χ2n) is 4.79. The zero-order chi connectivity index (χ0) is 15.4. The third-order valence-corrected chi connectivity index (χ3v) is 3.54. The van der Waals surface area contributed by atoms with Crippen LogP contribution in [0.1, 0.15) is 24.2 Å². The second kappa shape index (κ2) is 6.69. The monoisotopic (exact) mass is 343 g/mol. The number of halogens is 1. The SMILES string of the molecule is CNC(=O)[C@@H](NC(=O)c1cc(=O)n(C)cc1Br)C(C)C. The highest BCUT2D eigenvalue weighted by Crippen LogP contribution is 2.14. The molecule has 1 atom stereocenters. The van der Waals surface area contributed by atoms with Gasteiger partial charge in [-0.3, -0.25) is 14.4 Å². The van der Waals surface area contributed by atoms with Crippen LogP contribution in [0.2, 0.25) is 0 Å². The van der Waals surface area contributed by atoms with Crippen molar-refractivity contribution in [2.24, 2.45) is 13.0 Å². The molecule has 20 heavy (non-hydrogen) atoms. The summed E-state index contributed by atoms with van der Waals surface area (Å²) in [7, 11) is 3.11. The third-order valence-electron chi connectivity index (χ3n) is 2.91. The van der Waals surface area contributed by atoms with Crippen LogP contribution in [0, 0.1) is 5.92 Å². The van der Waals surface area contributed by atoms with E-state index >= 15 is 0 Å². The van der Waals surface area contributed by atoms with E-state index in [0.29, 0.717) is 4.47 Å². The predicted octanol–water partition coefficient (Wildman–Crippen LogP) is 0.648. The van der Waals surface area contributed by atoms with Crippen LogP contribution < -0.4 is 16.2 Å². The molecule has 6 nitrogen and oxygen atoms in total. The van der Waals surface area contributed by atoms with Crippen molar-refractivity contribution in [2.45, 2.75) is 19.9 Å². The quantitative estimate of drug-likeness (QED) is 0.842. The molecule has 0 saturated carbocycles. The van der Waals surface area contributed by atoms with Crippen LogP contribution in [0.25, 0.3) is 0 Å². The van der Waals surface area contributed by atoms with Crippen LogP contribution in [0.3, 0.4) is 0 Å². The van der Waals surface area contributed by atoms with Crippen molar-refractivity contribution in [1.29, 1.82) is 0 Å². The van der Waals surface area contributed by atoms with Gasteiger partial charge in [0.2, 0.25) is 5.91 Å². The van der Waals surface area contributed by atoms with Crippen molar-refractivity contribution in [3.63, 3.8) is 0 Å². The van der Waals surface area contributed by atoms with Crippen molar-refractivity contribution in [2.75, 3.05) is 7.05 Å². The number of nitrogens with zero attached hydrogens (tertiary/aromatic N) is 1. The number of aryl methyl sites for hydroxylation is 1. The maximum absolute atomic E-state index is 12.2. The van der Waals surface area contributed by atoms with Gasteiger partial charge in [0, 0.05) is 30.8 Å². The van der Waals surface area contributed by atoms with Gasteiger partial charge >= 0.3 is 0 Å². The summed E-state index contributed by atoms with van der Waals surface area (Å²) in [4.78, 5) is 35.5. The van der Waals surface area contributed by atoms with Crippen LogP contribution in [0.5, 0.6) is 0 Å². The van der Waals surface area contributed by atoms with E-state index < -0.39 is 11.9 Å². The maximum Gasteiger partial charge on any atom is 0.253 e. The summed E-state index contributed by atoms with van der Waals surface area (Å²) in [5, 5.41) is 5.15. The molecule has 0 fully saturated rings. The summed E-state index contributed by atoms with van der Waals surface area (Å²) in [6, 6.07) is 0.587. The lowest BCUT2D eigenvalue weighted by molar-refractivity contribution is -0.123. The highest BCUT2D eigenvalue weighted by atomic mass is 79.9. The standard InChI is InChI=1S/C13H18BrN3O3/c1-7(2)11(13(20)15-3)16-12(19)8-5-10(18)17(4)6-9(8)14/h5-7,11H,1-4H3,(H,15,20)(H,16,19)/t11-/m0/s1. The molecule has 1 aromatic heterocycles. The number of nitrogens with one attached hydrogen (secondary N) is 2. The third kappa shape index (κ3) is 3.69. The molecule has 1 aromatic rings. The van der Waals surface area contributed by atoms with E-state index in [2.05, 4.69) is 26.6 Å². The smallest absolute Gasteiger partial charge is 0.253 e.